The molecule has 4 nitrogen and oxygen atoms in total. The molecule has 0 aliphatic carbocycles. The molecule has 0 fully saturated rings. The first-order valence-electron chi connectivity index (χ1n) is 5.92. The number of hydrogen-bond donors (Lipinski definition) is 3. The number of aliphatic carboxylic acids is 1. The Balaban J connectivity index is 3.89. The molecular weight excluding hydrogens is 244 g/mol. The molecule has 0 aromatic carbocycles. The summed E-state index contributed by atoms with van der Waals surface area (Å²) in [7, 11) is 0. The third-order valence-electron chi connectivity index (χ3n) is 2.07. The van der Waals surface area contributed by atoms with E-state index in [9.17, 15) is 15.0 Å². The summed E-state index contributed by atoms with van der Waals surface area (Å²) in [5, 5.41) is 27.1. The molecule has 0 saturated carbocycles. The Morgan fingerprint density at radius 2 is 2.05 bits per heavy atom. The lowest BCUT2D eigenvalue weighted by molar-refractivity contribution is -0.137. The van der Waals surface area contributed by atoms with E-state index >= 15 is 0 Å². The van der Waals surface area contributed by atoms with Crippen LogP contribution in [0.25, 0.3) is 0 Å². The number of allylic oxidation sites excluding steroid dienone is 3. The lowest BCUT2D eigenvalue weighted by atomic mass is 10.1. The quantitative estimate of drug-likeness (QED) is 0.474. The molecule has 0 aromatic heterocycles. The third-order valence-corrected chi connectivity index (χ3v) is 2.07. The number of carboxylic acid groups (broad SMARTS) is 1. The summed E-state index contributed by atoms with van der Waals surface area (Å²) in [5.74, 6) is 6.65. The molecule has 19 heavy (non-hydrogen) atoms. The van der Waals surface area contributed by atoms with Gasteiger partial charge >= 0.3 is 5.97 Å². The highest BCUT2D eigenvalue weighted by atomic mass is 16.4. The highest BCUT2D eigenvalue weighted by Crippen LogP contribution is 1.99. The van der Waals surface area contributed by atoms with Gasteiger partial charge in [-0.1, -0.05) is 30.1 Å². The molecule has 0 heterocycles. The van der Waals surface area contributed by atoms with Crippen molar-refractivity contribution in [2.24, 2.45) is 0 Å². The van der Waals surface area contributed by atoms with Crippen molar-refractivity contribution >= 4 is 5.97 Å². The van der Waals surface area contributed by atoms with Crippen LogP contribution in [0.2, 0.25) is 0 Å². The fraction of sp³-hybridized carbons (Fsp3) is 0.400. The predicted octanol–water partition coefficient (Wildman–Crippen LogP) is 1.10. The topological polar surface area (TPSA) is 77.8 Å². The molecular formula is C15H18O4. The molecule has 0 spiro atoms. The van der Waals surface area contributed by atoms with E-state index in [1.54, 1.807) is 18.2 Å². The fourth-order valence-corrected chi connectivity index (χ4v) is 1.15. The molecule has 0 saturated heterocycles. The molecule has 4 heteroatoms. The van der Waals surface area contributed by atoms with E-state index in [4.69, 9.17) is 11.5 Å². The minimum atomic E-state index is -0.879. The van der Waals surface area contributed by atoms with E-state index in [0.717, 1.165) is 0 Å². The number of hydrogen-bond acceptors (Lipinski definition) is 3. The van der Waals surface area contributed by atoms with Crippen molar-refractivity contribution < 1.29 is 20.1 Å². The first-order chi connectivity index (χ1) is 9.06. The van der Waals surface area contributed by atoms with Gasteiger partial charge in [-0.25, -0.2) is 0 Å². The number of terminal acetylenes is 1. The van der Waals surface area contributed by atoms with Crippen LogP contribution in [0, 0.1) is 24.2 Å². The van der Waals surface area contributed by atoms with Crippen molar-refractivity contribution in [1.29, 1.82) is 0 Å². The lowest BCUT2D eigenvalue weighted by Gasteiger charge is -1.99. The second-order valence-electron chi connectivity index (χ2n) is 3.81. The van der Waals surface area contributed by atoms with Crippen LogP contribution in [-0.4, -0.2) is 33.5 Å². The van der Waals surface area contributed by atoms with Gasteiger partial charge in [0, 0.05) is 12.8 Å². The second kappa shape index (κ2) is 11.1. The van der Waals surface area contributed by atoms with Crippen molar-refractivity contribution in [2.75, 3.05) is 0 Å². The van der Waals surface area contributed by atoms with Gasteiger partial charge in [0.15, 0.2) is 0 Å². The van der Waals surface area contributed by atoms with Gasteiger partial charge in [0.2, 0.25) is 0 Å². The van der Waals surface area contributed by atoms with Gasteiger partial charge in [0.05, 0.1) is 6.10 Å². The monoisotopic (exact) mass is 262 g/mol. The van der Waals surface area contributed by atoms with Crippen LogP contribution < -0.4 is 0 Å². The molecule has 0 aliphatic rings. The number of carbonyl (C=O) groups is 1. The predicted molar refractivity (Wildman–Crippen MR) is 73.0 cm³/mol. The van der Waals surface area contributed by atoms with Gasteiger partial charge in [-0.05, 0) is 18.9 Å². The van der Waals surface area contributed by atoms with Crippen molar-refractivity contribution in [3.8, 4) is 24.2 Å². The number of carboxylic acids is 1. The van der Waals surface area contributed by atoms with Gasteiger partial charge in [0.25, 0.3) is 0 Å². The smallest absolute Gasteiger partial charge is 0.303 e. The summed E-state index contributed by atoms with van der Waals surface area (Å²) >= 11 is 0. The van der Waals surface area contributed by atoms with E-state index in [0.29, 0.717) is 12.8 Å². The summed E-state index contributed by atoms with van der Waals surface area (Å²) < 4.78 is 0. The number of aliphatic hydroxyl groups is 2. The molecule has 0 aromatic rings. The summed E-state index contributed by atoms with van der Waals surface area (Å²) in [6.07, 6.45) is 10.9. The van der Waals surface area contributed by atoms with Gasteiger partial charge in [0.1, 0.15) is 6.10 Å². The Labute approximate surface area is 113 Å². The van der Waals surface area contributed by atoms with Crippen LogP contribution in [0.4, 0.5) is 0 Å². The maximum Gasteiger partial charge on any atom is 0.303 e. The lowest BCUT2D eigenvalue weighted by Crippen LogP contribution is -2.04. The molecule has 0 rings (SSSR count). The van der Waals surface area contributed by atoms with E-state index in [1.165, 1.54) is 6.08 Å². The summed E-state index contributed by atoms with van der Waals surface area (Å²) in [4.78, 5) is 10.2. The maximum absolute atomic E-state index is 10.2. The molecule has 0 aliphatic heterocycles. The van der Waals surface area contributed by atoms with Gasteiger partial charge in [-0.2, -0.15) is 0 Å². The van der Waals surface area contributed by atoms with E-state index in [1.807, 2.05) is 0 Å². The minimum Gasteiger partial charge on any atom is -0.481 e. The summed E-state index contributed by atoms with van der Waals surface area (Å²) in [6.45, 7) is 0. The Hall–Kier alpha value is -2.01. The zero-order valence-electron chi connectivity index (χ0n) is 10.6. The molecule has 3 N–H and O–H groups in total. The van der Waals surface area contributed by atoms with E-state index in [2.05, 4.69) is 17.8 Å². The van der Waals surface area contributed by atoms with Crippen LogP contribution in [-0.2, 0) is 4.79 Å². The van der Waals surface area contributed by atoms with Crippen LogP contribution in [0.3, 0.4) is 0 Å². The molecule has 0 bridgehead atoms. The zero-order chi connectivity index (χ0) is 14.5. The standard InChI is InChI=1S/C15H18O4/c1-2-8-13(16)9-5-3-4-6-10-14(17)11-7-12-15(18)19/h1,3-5,9,13-14,16-17H,7-8,11-12H2,(H,18,19)/t13-,14+/m1/s1. The molecule has 2 atom stereocenters. The van der Waals surface area contributed by atoms with Gasteiger partial charge in [-0.15, -0.1) is 12.3 Å². The average Bonchev–Trinajstić information content (AvgIpc) is 2.33. The number of rotatable bonds is 7. The van der Waals surface area contributed by atoms with Crippen LogP contribution in [0.15, 0.2) is 24.3 Å². The number of aliphatic hydroxyl groups excluding tert-OH is 2. The molecule has 0 radical (unpaired) electrons. The van der Waals surface area contributed by atoms with Gasteiger partial charge in [-0.3, -0.25) is 4.79 Å². The van der Waals surface area contributed by atoms with Gasteiger partial charge < -0.3 is 15.3 Å². The Kier molecular flexibility index (Phi) is 9.93. The zero-order valence-corrected chi connectivity index (χ0v) is 10.6. The Morgan fingerprint density at radius 3 is 2.68 bits per heavy atom. The SMILES string of the molecule is C#CC[C@@H](O)C=CC=CC#C[C@H](O)CCCC(=O)O. The summed E-state index contributed by atoms with van der Waals surface area (Å²) in [5.41, 5.74) is 0. The second-order valence-corrected chi connectivity index (χ2v) is 3.81. The van der Waals surface area contributed by atoms with Crippen LogP contribution >= 0.6 is 0 Å². The minimum absolute atomic E-state index is 0.0321. The van der Waals surface area contributed by atoms with Crippen molar-refractivity contribution in [3.05, 3.63) is 24.3 Å². The highest BCUT2D eigenvalue weighted by Gasteiger charge is 2.01. The average molecular weight is 262 g/mol. The maximum atomic E-state index is 10.2. The normalized spacial score (nSPS) is 13.7. The third kappa shape index (κ3) is 12.2. The fourth-order valence-electron chi connectivity index (χ4n) is 1.15. The van der Waals surface area contributed by atoms with E-state index < -0.39 is 18.2 Å². The van der Waals surface area contributed by atoms with Crippen molar-refractivity contribution in [2.45, 2.75) is 37.9 Å². The molecule has 0 unspecified atom stereocenters. The first kappa shape index (κ1) is 17.0. The van der Waals surface area contributed by atoms with Crippen LogP contribution in [0.5, 0.6) is 0 Å². The first-order valence-corrected chi connectivity index (χ1v) is 5.92. The highest BCUT2D eigenvalue weighted by molar-refractivity contribution is 5.66. The summed E-state index contributed by atoms with van der Waals surface area (Å²) in [6, 6.07) is 0. The molecule has 102 valence electrons. The van der Waals surface area contributed by atoms with Crippen molar-refractivity contribution in [1.82, 2.24) is 0 Å². The Morgan fingerprint density at radius 1 is 1.32 bits per heavy atom. The van der Waals surface area contributed by atoms with E-state index in [-0.39, 0.29) is 12.8 Å². The Bertz CT molecular complexity index is 418. The van der Waals surface area contributed by atoms with Crippen molar-refractivity contribution in [3.63, 3.8) is 0 Å². The largest absolute Gasteiger partial charge is 0.481 e. The molecule has 0 amide bonds. The van der Waals surface area contributed by atoms with Crippen LogP contribution in [0.1, 0.15) is 25.7 Å².